The molecule has 1 heterocycles. The number of rotatable bonds is 3. The highest BCUT2D eigenvalue weighted by atomic mass is 16.5. The van der Waals surface area contributed by atoms with E-state index in [0.29, 0.717) is 6.10 Å². The van der Waals surface area contributed by atoms with Crippen molar-refractivity contribution in [3.05, 3.63) is 0 Å². The van der Waals surface area contributed by atoms with Crippen LogP contribution in [0.2, 0.25) is 0 Å². The van der Waals surface area contributed by atoms with Gasteiger partial charge in [0.15, 0.2) is 0 Å². The minimum absolute atomic E-state index is 0.250. The van der Waals surface area contributed by atoms with Crippen LogP contribution < -0.4 is 0 Å². The monoisotopic (exact) mass is 199 g/mol. The van der Waals surface area contributed by atoms with Gasteiger partial charge in [-0.05, 0) is 33.6 Å². The largest absolute Gasteiger partial charge is 0.371 e. The summed E-state index contributed by atoms with van der Waals surface area (Å²) in [5.41, 5.74) is 0.260. The fraction of sp³-hybridized carbons (Fsp3) is 0.909. The number of carbonyl (C=O) groups excluding carboxylic acids is 1. The third-order valence-corrected chi connectivity index (χ3v) is 2.79. The summed E-state index contributed by atoms with van der Waals surface area (Å²) in [4.78, 5) is 12.6. The fourth-order valence-electron chi connectivity index (χ4n) is 1.87. The Kier molecular flexibility index (Phi) is 4.08. The Morgan fingerprint density at radius 2 is 1.93 bits per heavy atom. The van der Waals surface area contributed by atoms with Gasteiger partial charge in [0.1, 0.15) is 12.9 Å². The molecule has 0 amide bonds. The lowest BCUT2D eigenvalue weighted by atomic mass is 9.99. The average Bonchev–Trinajstić information content (AvgIpc) is 2.14. The van der Waals surface area contributed by atoms with Gasteiger partial charge in [-0.1, -0.05) is 0 Å². The summed E-state index contributed by atoms with van der Waals surface area (Å²) in [6.45, 7) is 9.11. The lowest BCUT2D eigenvalue weighted by Gasteiger charge is -2.40. The summed E-state index contributed by atoms with van der Waals surface area (Å²) in [5, 5.41) is 0. The van der Waals surface area contributed by atoms with Gasteiger partial charge in [0, 0.05) is 18.6 Å². The SMILES string of the molecule is CC(C)(C)N1CCC(OCC=O)CC1. The van der Waals surface area contributed by atoms with E-state index in [1.807, 2.05) is 0 Å². The Morgan fingerprint density at radius 1 is 1.36 bits per heavy atom. The van der Waals surface area contributed by atoms with E-state index in [2.05, 4.69) is 25.7 Å². The van der Waals surface area contributed by atoms with Crippen molar-refractivity contribution in [1.29, 1.82) is 0 Å². The maximum absolute atomic E-state index is 10.1. The summed E-state index contributed by atoms with van der Waals surface area (Å²) in [6.07, 6.45) is 3.21. The van der Waals surface area contributed by atoms with E-state index in [9.17, 15) is 4.79 Å². The summed E-state index contributed by atoms with van der Waals surface area (Å²) < 4.78 is 5.40. The van der Waals surface area contributed by atoms with Crippen LogP contribution in [0, 0.1) is 0 Å². The fourth-order valence-corrected chi connectivity index (χ4v) is 1.87. The quantitative estimate of drug-likeness (QED) is 0.645. The summed E-state index contributed by atoms with van der Waals surface area (Å²) in [6, 6.07) is 0. The van der Waals surface area contributed by atoms with E-state index in [1.165, 1.54) is 0 Å². The Morgan fingerprint density at radius 3 is 2.36 bits per heavy atom. The molecule has 3 nitrogen and oxygen atoms in total. The molecule has 0 aromatic rings. The van der Waals surface area contributed by atoms with E-state index in [4.69, 9.17) is 4.74 Å². The van der Waals surface area contributed by atoms with Crippen molar-refractivity contribution in [2.45, 2.75) is 45.3 Å². The topological polar surface area (TPSA) is 29.5 Å². The maximum atomic E-state index is 10.1. The van der Waals surface area contributed by atoms with Gasteiger partial charge in [0.25, 0.3) is 0 Å². The number of ether oxygens (including phenoxy) is 1. The normalized spacial score (nSPS) is 21.1. The van der Waals surface area contributed by atoms with Crippen molar-refractivity contribution in [1.82, 2.24) is 4.90 Å². The van der Waals surface area contributed by atoms with Crippen LogP contribution in [0.1, 0.15) is 33.6 Å². The van der Waals surface area contributed by atoms with Crippen LogP contribution in [0.3, 0.4) is 0 Å². The molecule has 1 aliphatic heterocycles. The molecule has 0 N–H and O–H groups in total. The number of hydrogen-bond donors (Lipinski definition) is 0. The van der Waals surface area contributed by atoms with Gasteiger partial charge in [0.2, 0.25) is 0 Å². The molecular formula is C11H21NO2. The van der Waals surface area contributed by atoms with Crippen LogP contribution in [0.15, 0.2) is 0 Å². The maximum Gasteiger partial charge on any atom is 0.145 e. The van der Waals surface area contributed by atoms with E-state index >= 15 is 0 Å². The van der Waals surface area contributed by atoms with Crippen molar-refractivity contribution in [2.75, 3.05) is 19.7 Å². The number of hydrogen-bond acceptors (Lipinski definition) is 3. The zero-order chi connectivity index (χ0) is 10.6. The number of likely N-dealkylation sites (tertiary alicyclic amines) is 1. The van der Waals surface area contributed by atoms with Crippen LogP contribution in [-0.4, -0.2) is 42.5 Å². The zero-order valence-electron chi connectivity index (χ0n) is 9.45. The molecule has 3 heteroatoms. The lowest BCUT2D eigenvalue weighted by Crippen LogP contribution is -2.47. The smallest absolute Gasteiger partial charge is 0.145 e. The first-order valence-electron chi connectivity index (χ1n) is 5.34. The third kappa shape index (κ3) is 3.39. The highest BCUT2D eigenvalue weighted by Gasteiger charge is 2.26. The predicted octanol–water partition coefficient (Wildman–Crippen LogP) is 1.46. The van der Waals surface area contributed by atoms with Gasteiger partial charge < -0.3 is 9.53 Å². The van der Waals surface area contributed by atoms with Crippen LogP contribution in [0.4, 0.5) is 0 Å². The van der Waals surface area contributed by atoms with Gasteiger partial charge in [-0.15, -0.1) is 0 Å². The standard InChI is InChI=1S/C11H21NO2/c1-11(2,3)12-6-4-10(5-7-12)14-9-8-13/h8,10H,4-7,9H2,1-3H3. The molecular weight excluding hydrogens is 178 g/mol. The van der Waals surface area contributed by atoms with E-state index < -0.39 is 0 Å². The van der Waals surface area contributed by atoms with Crippen molar-refractivity contribution in [3.8, 4) is 0 Å². The number of carbonyl (C=O) groups is 1. The van der Waals surface area contributed by atoms with E-state index in [1.54, 1.807) is 0 Å². The second-order valence-corrected chi connectivity index (χ2v) is 4.86. The van der Waals surface area contributed by atoms with E-state index in [0.717, 1.165) is 32.2 Å². The molecule has 0 spiro atoms. The minimum Gasteiger partial charge on any atom is -0.371 e. The summed E-state index contributed by atoms with van der Waals surface area (Å²) in [5.74, 6) is 0. The van der Waals surface area contributed by atoms with Gasteiger partial charge in [-0.25, -0.2) is 0 Å². The highest BCUT2D eigenvalue weighted by molar-refractivity contribution is 5.50. The van der Waals surface area contributed by atoms with Gasteiger partial charge in [-0.3, -0.25) is 4.90 Å². The van der Waals surface area contributed by atoms with Crippen LogP contribution >= 0.6 is 0 Å². The second kappa shape index (κ2) is 4.89. The molecule has 1 aliphatic rings. The third-order valence-electron chi connectivity index (χ3n) is 2.79. The first-order chi connectivity index (χ1) is 6.54. The molecule has 0 radical (unpaired) electrons. The molecule has 1 saturated heterocycles. The second-order valence-electron chi connectivity index (χ2n) is 4.86. The van der Waals surface area contributed by atoms with E-state index in [-0.39, 0.29) is 12.1 Å². The van der Waals surface area contributed by atoms with Gasteiger partial charge in [0.05, 0.1) is 6.10 Å². The highest BCUT2D eigenvalue weighted by Crippen LogP contribution is 2.21. The molecule has 1 fully saturated rings. The molecule has 0 aliphatic carbocycles. The first-order valence-corrected chi connectivity index (χ1v) is 5.34. The molecule has 0 atom stereocenters. The number of aldehydes is 1. The van der Waals surface area contributed by atoms with Crippen molar-refractivity contribution in [2.24, 2.45) is 0 Å². The minimum atomic E-state index is 0.250. The molecule has 0 bridgehead atoms. The number of nitrogens with zero attached hydrogens (tertiary/aromatic N) is 1. The van der Waals surface area contributed by atoms with Crippen molar-refractivity contribution < 1.29 is 9.53 Å². The van der Waals surface area contributed by atoms with Crippen LogP contribution in [-0.2, 0) is 9.53 Å². The van der Waals surface area contributed by atoms with Gasteiger partial charge >= 0.3 is 0 Å². The lowest BCUT2D eigenvalue weighted by molar-refractivity contribution is -0.115. The Balaban J connectivity index is 2.27. The zero-order valence-corrected chi connectivity index (χ0v) is 9.45. The van der Waals surface area contributed by atoms with Gasteiger partial charge in [-0.2, -0.15) is 0 Å². The summed E-state index contributed by atoms with van der Waals surface area (Å²) >= 11 is 0. The molecule has 14 heavy (non-hydrogen) atoms. The van der Waals surface area contributed by atoms with Crippen molar-refractivity contribution in [3.63, 3.8) is 0 Å². The molecule has 82 valence electrons. The average molecular weight is 199 g/mol. The molecule has 0 saturated carbocycles. The Hall–Kier alpha value is -0.410. The van der Waals surface area contributed by atoms with Crippen LogP contribution in [0.25, 0.3) is 0 Å². The predicted molar refractivity (Wildman–Crippen MR) is 56.4 cm³/mol. The number of piperidine rings is 1. The van der Waals surface area contributed by atoms with Crippen LogP contribution in [0.5, 0.6) is 0 Å². The molecule has 0 unspecified atom stereocenters. The Bertz CT molecular complexity index is 178. The molecule has 0 aromatic heterocycles. The molecule has 0 aromatic carbocycles. The summed E-state index contributed by atoms with van der Waals surface area (Å²) in [7, 11) is 0. The van der Waals surface area contributed by atoms with Crippen molar-refractivity contribution >= 4 is 6.29 Å². The first kappa shape index (κ1) is 11.7. The Labute approximate surface area is 86.4 Å². The molecule has 1 rings (SSSR count).